The summed E-state index contributed by atoms with van der Waals surface area (Å²) in [6, 6.07) is 36.1. The van der Waals surface area contributed by atoms with Crippen LogP contribution in [0.4, 0.5) is 0 Å². The van der Waals surface area contributed by atoms with Gasteiger partial charge in [0.15, 0.2) is 0 Å². The minimum Gasteiger partial charge on any atom is -0.0613 e. The second kappa shape index (κ2) is 7.80. The number of benzene rings is 5. The molecular weight excluding hydrogens is 360 g/mol. The molecule has 0 atom stereocenters. The van der Waals surface area contributed by atoms with E-state index in [9.17, 15) is 0 Å². The van der Waals surface area contributed by atoms with Crippen molar-refractivity contribution in [2.45, 2.75) is 26.7 Å². The first-order valence-corrected chi connectivity index (χ1v) is 10.9. The maximum absolute atomic E-state index is 2.32. The van der Waals surface area contributed by atoms with Gasteiger partial charge in [-0.3, -0.25) is 0 Å². The van der Waals surface area contributed by atoms with Gasteiger partial charge in [0.2, 0.25) is 0 Å². The molecule has 0 heteroatoms. The zero-order chi connectivity index (χ0) is 20.5. The lowest BCUT2D eigenvalue weighted by atomic mass is 9.95. The summed E-state index contributed by atoms with van der Waals surface area (Å²) in [6.07, 6.45) is 2.16. The van der Waals surface area contributed by atoms with Crippen molar-refractivity contribution in [1.82, 2.24) is 0 Å². The first-order valence-electron chi connectivity index (χ1n) is 10.9. The van der Waals surface area contributed by atoms with Gasteiger partial charge in [0.25, 0.3) is 0 Å². The molecule has 30 heavy (non-hydrogen) atoms. The largest absolute Gasteiger partial charge is 0.0613 e. The standard InChI is InChI=1S/C30H26/c1-3-21-5-9-23(10-6-21)25-13-15-27-20-30-18-26(14-16-28(30)19-29(27)17-25)24-11-7-22(4-2)8-12-24/h5-20H,3-4H2,1-2H3. The highest BCUT2D eigenvalue weighted by molar-refractivity contribution is 6.01. The van der Waals surface area contributed by atoms with Gasteiger partial charge in [-0.1, -0.05) is 86.6 Å². The third kappa shape index (κ3) is 3.50. The second-order valence-corrected chi connectivity index (χ2v) is 8.08. The van der Waals surface area contributed by atoms with E-state index in [0.717, 1.165) is 12.8 Å². The molecule has 0 nitrogen and oxygen atoms in total. The monoisotopic (exact) mass is 386 g/mol. The Morgan fingerprint density at radius 2 is 0.733 bits per heavy atom. The van der Waals surface area contributed by atoms with Gasteiger partial charge in [0, 0.05) is 0 Å². The highest BCUT2D eigenvalue weighted by atomic mass is 14.1. The van der Waals surface area contributed by atoms with Crippen molar-refractivity contribution in [1.29, 1.82) is 0 Å². The van der Waals surface area contributed by atoms with Crippen molar-refractivity contribution < 1.29 is 0 Å². The van der Waals surface area contributed by atoms with Gasteiger partial charge >= 0.3 is 0 Å². The Labute approximate surface area is 178 Å². The van der Waals surface area contributed by atoms with Gasteiger partial charge < -0.3 is 0 Å². The van der Waals surface area contributed by atoms with E-state index in [2.05, 4.69) is 111 Å². The van der Waals surface area contributed by atoms with Crippen molar-refractivity contribution >= 4 is 21.5 Å². The van der Waals surface area contributed by atoms with E-state index in [-0.39, 0.29) is 0 Å². The molecule has 0 saturated carbocycles. The van der Waals surface area contributed by atoms with E-state index in [1.54, 1.807) is 0 Å². The summed E-state index contributed by atoms with van der Waals surface area (Å²) in [6.45, 7) is 4.39. The van der Waals surface area contributed by atoms with Crippen LogP contribution < -0.4 is 0 Å². The van der Waals surface area contributed by atoms with Crippen LogP contribution in [0.3, 0.4) is 0 Å². The number of fused-ring (bicyclic) bond motifs is 2. The SMILES string of the molecule is CCc1ccc(-c2ccc3cc4cc(-c5ccc(CC)cc5)ccc4cc3c2)cc1. The zero-order valence-corrected chi connectivity index (χ0v) is 17.7. The number of rotatable bonds is 4. The van der Waals surface area contributed by atoms with Crippen LogP contribution in [-0.4, -0.2) is 0 Å². The fourth-order valence-electron chi connectivity index (χ4n) is 4.22. The third-order valence-corrected chi connectivity index (χ3v) is 6.19. The molecule has 0 unspecified atom stereocenters. The van der Waals surface area contributed by atoms with Crippen LogP contribution in [0, 0.1) is 0 Å². The fourth-order valence-corrected chi connectivity index (χ4v) is 4.22. The Balaban J connectivity index is 1.55. The Morgan fingerprint density at radius 1 is 0.367 bits per heavy atom. The summed E-state index contributed by atoms with van der Waals surface area (Å²) in [5.74, 6) is 0. The topological polar surface area (TPSA) is 0 Å². The minimum absolute atomic E-state index is 1.08. The average molecular weight is 387 g/mol. The van der Waals surface area contributed by atoms with Crippen molar-refractivity contribution in [2.75, 3.05) is 0 Å². The molecule has 5 rings (SSSR count). The van der Waals surface area contributed by atoms with Crippen LogP contribution in [-0.2, 0) is 12.8 Å². The van der Waals surface area contributed by atoms with Crippen molar-refractivity contribution in [3.05, 3.63) is 108 Å². The second-order valence-electron chi connectivity index (χ2n) is 8.08. The molecule has 0 N–H and O–H groups in total. The van der Waals surface area contributed by atoms with Gasteiger partial charge in [0.05, 0.1) is 0 Å². The average Bonchev–Trinajstić information content (AvgIpc) is 2.82. The van der Waals surface area contributed by atoms with Crippen LogP contribution in [0.25, 0.3) is 43.8 Å². The van der Waals surface area contributed by atoms with E-state index < -0.39 is 0 Å². The van der Waals surface area contributed by atoms with E-state index in [1.807, 2.05) is 0 Å². The quantitative estimate of drug-likeness (QED) is 0.272. The first-order chi connectivity index (χ1) is 14.7. The van der Waals surface area contributed by atoms with Crippen LogP contribution in [0.2, 0.25) is 0 Å². The summed E-state index contributed by atoms with van der Waals surface area (Å²) in [5, 5.41) is 5.16. The molecule has 0 aromatic heterocycles. The van der Waals surface area contributed by atoms with Crippen molar-refractivity contribution in [3.8, 4) is 22.3 Å². The van der Waals surface area contributed by atoms with Gasteiger partial charge in [0.1, 0.15) is 0 Å². The maximum atomic E-state index is 2.32. The smallest absolute Gasteiger partial charge is 0.0171 e. The minimum atomic E-state index is 1.08. The van der Waals surface area contributed by atoms with Crippen LogP contribution in [0.1, 0.15) is 25.0 Å². The van der Waals surface area contributed by atoms with Gasteiger partial charge in [-0.25, -0.2) is 0 Å². The molecule has 0 aliphatic heterocycles. The Hall–Kier alpha value is -3.38. The lowest BCUT2D eigenvalue weighted by Crippen LogP contribution is -1.84. The predicted molar refractivity (Wildman–Crippen MR) is 131 cm³/mol. The molecule has 146 valence electrons. The molecule has 0 saturated heterocycles. The molecule has 0 bridgehead atoms. The molecule has 0 aliphatic carbocycles. The van der Waals surface area contributed by atoms with E-state index in [0.29, 0.717) is 0 Å². The molecule has 0 radical (unpaired) electrons. The van der Waals surface area contributed by atoms with Crippen LogP contribution in [0.15, 0.2) is 97.1 Å². The highest BCUT2D eigenvalue weighted by Crippen LogP contribution is 2.31. The number of aryl methyl sites for hydroxylation is 2. The van der Waals surface area contributed by atoms with Crippen molar-refractivity contribution in [3.63, 3.8) is 0 Å². The summed E-state index contributed by atoms with van der Waals surface area (Å²) >= 11 is 0. The molecule has 0 fully saturated rings. The summed E-state index contributed by atoms with van der Waals surface area (Å²) in [7, 11) is 0. The highest BCUT2D eigenvalue weighted by Gasteiger charge is 2.05. The van der Waals surface area contributed by atoms with Crippen LogP contribution in [0.5, 0.6) is 0 Å². The third-order valence-electron chi connectivity index (χ3n) is 6.19. The molecule has 0 spiro atoms. The lowest BCUT2D eigenvalue weighted by molar-refractivity contribution is 1.14. The normalized spacial score (nSPS) is 11.3. The van der Waals surface area contributed by atoms with Gasteiger partial charge in [-0.2, -0.15) is 0 Å². The molecule has 0 heterocycles. The Morgan fingerprint density at radius 3 is 1.10 bits per heavy atom. The van der Waals surface area contributed by atoms with E-state index in [1.165, 1.54) is 54.9 Å². The molecule has 0 aliphatic rings. The summed E-state index contributed by atoms with van der Waals surface area (Å²) in [4.78, 5) is 0. The zero-order valence-electron chi connectivity index (χ0n) is 17.7. The maximum Gasteiger partial charge on any atom is -0.0171 e. The molecule has 5 aromatic carbocycles. The predicted octanol–water partition coefficient (Wildman–Crippen LogP) is 8.45. The molecule has 5 aromatic rings. The number of hydrogen-bond acceptors (Lipinski definition) is 0. The summed E-state index contributed by atoms with van der Waals surface area (Å²) < 4.78 is 0. The van der Waals surface area contributed by atoms with E-state index in [4.69, 9.17) is 0 Å². The number of hydrogen-bond donors (Lipinski definition) is 0. The van der Waals surface area contributed by atoms with Gasteiger partial charge in [-0.05, 0) is 92.0 Å². The first kappa shape index (κ1) is 18.6. The Bertz CT molecular complexity index is 1220. The van der Waals surface area contributed by atoms with Gasteiger partial charge in [-0.15, -0.1) is 0 Å². The summed E-state index contributed by atoms with van der Waals surface area (Å²) in [5.41, 5.74) is 7.87. The lowest BCUT2D eigenvalue weighted by Gasteiger charge is -2.09. The molecule has 0 amide bonds. The van der Waals surface area contributed by atoms with E-state index >= 15 is 0 Å². The van der Waals surface area contributed by atoms with Crippen LogP contribution >= 0.6 is 0 Å². The Kier molecular flexibility index (Phi) is 4.85. The molecular formula is C30H26. The van der Waals surface area contributed by atoms with Crippen molar-refractivity contribution in [2.24, 2.45) is 0 Å². The fraction of sp³-hybridized carbons (Fsp3) is 0.133.